The zero-order valence-corrected chi connectivity index (χ0v) is 25.0. The van der Waals surface area contributed by atoms with Crippen LogP contribution in [-0.2, 0) is 11.3 Å². The van der Waals surface area contributed by atoms with E-state index in [0.29, 0.717) is 40.5 Å². The minimum Gasteiger partial charge on any atom is -0.478 e. The molecule has 4 N–H and O–H groups in total. The van der Waals surface area contributed by atoms with Gasteiger partial charge >= 0.3 is 13.1 Å². The molecule has 0 spiro atoms. The quantitative estimate of drug-likeness (QED) is 0.161. The molecule has 4 aromatic carbocycles. The van der Waals surface area contributed by atoms with Crippen LogP contribution < -0.4 is 30.6 Å². The number of nitrogens with one attached hydrogen (secondary N) is 2. The van der Waals surface area contributed by atoms with E-state index >= 15 is 0 Å². The number of hydrogen-bond donors (Lipinski definition) is 4. The van der Waals surface area contributed by atoms with Gasteiger partial charge in [0.2, 0.25) is 0 Å². The normalized spacial score (nSPS) is 13.4. The number of thiocarbonyl (C=S) groups is 1. The highest BCUT2D eigenvalue weighted by atomic mass is 32.1. The summed E-state index contributed by atoms with van der Waals surface area (Å²) in [5.41, 5.74) is 7.36. The first-order valence-corrected chi connectivity index (χ1v) is 14.2. The predicted molar refractivity (Wildman–Crippen MR) is 175 cm³/mol. The topological polar surface area (TPSA) is 107 Å². The number of aromatic carboxylic acids is 1. The van der Waals surface area contributed by atoms with Crippen LogP contribution in [0.25, 0.3) is 0 Å². The number of carboxylic acid groups (broad SMARTS) is 1. The van der Waals surface area contributed by atoms with Gasteiger partial charge in [-0.25, -0.2) is 4.79 Å². The smallest absolute Gasteiger partial charge is 0.478 e. The SMILES string of the molecule is CN(C)c1ccc2c(c1)Oc1cc(N(C)C)ccc1C2c1ccc(NC(=S)Nc2ccc3c(c2)B(O)OC3)cc1C(=O)O. The lowest BCUT2D eigenvalue weighted by atomic mass is 9.79. The molecule has 0 amide bonds. The summed E-state index contributed by atoms with van der Waals surface area (Å²) >= 11 is 5.52. The number of hydrogen-bond acceptors (Lipinski definition) is 7. The second-order valence-corrected chi connectivity index (χ2v) is 11.4. The lowest BCUT2D eigenvalue weighted by Gasteiger charge is -2.31. The molecular formula is C32H31BN4O5S. The fraction of sp³-hybridized carbons (Fsp3) is 0.188. The van der Waals surface area contributed by atoms with Crippen molar-refractivity contribution in [1.82, 2.24) is 0 Å². The Bertz CT molecular complexity index is 1700. The molecule has 0 bridgehead atoms. The van der Waals surface area contributed by atoms with Crippen LogP contribution in [0.1, 0.15) is 38.5 Å². The van der Waals surface area contributed by atoms with E-state index in [2.05, 4.69) is 10.6 Å². The van der Waals surface area contributed by atoms with E-state index < -0.39 is 13.1 Å². The highest BCUT2D eigenvalue weighted by Gasteiger charge is 2.32. The lowest BCUT2D eigenvalue weighted by Crippen LogP contribution is -2.29. The van der Waals surface area contributed by atoms with E-state index in [1.807, 2.05) is 98.7 Å². The molecule has 0 radical (unpaired) electrons. The maximum atomic E-state index is 12.7. The summed E-state index contributed by atoms with van der Waals surface area (Å²) in [6.45, 7) is 0.361. The third kappa shape index (κ3) is 5.50. The minimum atomic E-state index is -1.05. The van der Waals surface area contributed by atoms with Gasteiger partial charge < -0.3 is 40.0 Å². The molecule has 0 fully saturated rings. The van der Waals surface area contributed by atoms with Gasteiger partial charge in [-0.2, -0.15) is 0 Å². The lowest BCUT2D eigenvalue weighted by molar-refractivity contribution is 0.0695. The molecule has 0 atom stereocenters. The van der Waals surface area contributed by atoms with Crippen molar-refractivity contribution in [2.24, 2.45) is 0 Å². The number of rotatable bonds is 6. The molecule has 4 aromatic rings. The number of carbonyl (C=O) groups is 1. The van der Waals surface area contributed by atoms with Crippen molar-refractivity contribution in [3.05, 3.63) is 101 Å². The molecule has 0 unspecified atom stereocenters. The summed E-state index contributed by atoms with van der Waals surface area (Å²) in [5.74, 6) is -0.0345. The Balaban J connectivity index is 1.35. The maximum absolute atomic E-state index is 12.7. The van der Waals surface area contributed by atoms with Gasteiger partial charge in [0.05, 0.1) is 12.2 Å². The zero-order chi connectivity index (χ0) is 30.4. The van der Waals surface area contributed by atoms with E-state index in [-0.39, 0.29) is 16.6 Å². The number of carboxylic acids is 1. The van der Waals surface area contributed by atoms with Gasteiger partial charge in [-0.05, 0) is 65.2 Å². The number of nitrogens with zero attached hydrogens (tertiary/aromatic N) is 2. The van der Waals surface area contributed by atoms with Crippen LogP contribution in [0.5, 0.6) is 11.5 Å². The molecule has 2 heterocycles. The molecular weight excluding hydrogens is 563 g/mol. The first kappa shape index (κ1) is 28.5. The van der Waals surface area contributed by atoms with E-state index in [1.54, 1.807) is 12.1 Å². The largest absolute Gasteiger partial charge is 0.491 e. The summed E-state index contributed by atoms with van der Waals surface area (Å²) in [7, 11) is 6.91. The Kier molecular flexibility index (Phi) is 7.47. The molecule has 218 valence electrons. The monoisotopic (exact) mass is 594 g/mol. The Morgan fingerprint density at radius 2 is 1.40 bits per heavy atom. The first-order valence-electron chi connectivity index (χ1n) is 13.8. The highest BCUT2D eigenvalue weighted by Crippen LogP contribution is 2.50. The van der Waals surface area contributed by atoms with Crippen molar-refractivity contribution >= 4 is 58.6 Å². The van der Waals surface area contributed by atoms with Crippen LogP contribution >= 0.6 is 12.2 Å². The first-order chi connectivity index (χ1) is 20.6. The summed E-state index contributed by atoms with van der Waals surface area (Å²) in [6.07, 6.45) is 0. The fourth-order valence-electron chi connectivity index (χ4n) is 5.53. The molecule has 2 aliphatic heterocycles. The number of anilines is 4. The van der Waals surface area contributed by atoms with Gasteiger partial charge in [0.25, 0.3) is 0 Å². The van der Waals surface area contributed by atoms with Gasteiger partial charge in [-0.1, -0.05) is 24.3 Å². The number of benzene rings is 4. The van der Waals surface area contributed by atoms with Gasteiger partial charge in [0.1, 0.15) is 11.5 Å². The standard InChI is InChI=1S/C32H31BN4O5S/c1-36(2)21-8-11-24-28(15-21)42-29-16-22(37(3)4)9-12-25(29)30(24)23-10-7-19(13-26(23)31(38)39)34-32(43)35-20-6-5-18-17-41-33(40)27(18)14-20/h5-16,30,40H,17H2,1-4H3,(H,38,39)(H2,34,35,43). The van der Waals surface area contributed by atoms with Gasteiger partial charge in [-0.3, -0.25) is 0 Å². The molecule has 0 aliphatic carbocycles. The Hall–Kier alpha value is -4.58. The maximum Gasteiger partial charge on any atom is 0.491 e. The van der Waals surface area contributed by atoms with Crippen LogP contribution in [0.4, 0.5) is 22.7 Å². The summed E-state index contributed by atoms with van der Waals surface area (Å²) in [6, 6.07) is 22.8. The van der Waals surface area contributed by atoms with E-state index in [9.17, 15) is 14.9 Å². The van der Waals surface area contributed by atoms with E-state index in [4.69, 9.17) is 21.6 Å². The third-order valence-corrected chi connectivity index (χ3v) is 7.99. The molecule has 43 heavy (non-hydrogen) atoms. The van der Waals surface area contributed by atoms with Crippen LogP contribution in [0, 0.1) is 0 Å². The van der Waals surface area contributed by atoms with Gasteiger partial charge in [0.15, 0.2) is 5.11 Å². The second kappa shape index (κ2) is 11.3. The van der Waals surface area contributed by atoms with Crippen LogP contribution in [0.15, 0.2) is 72.8 Å². The average Bonchev–Trinajstić information content (AvgIpc) is 3.34. The van der Waals surface area contributed by atoms with Crippen molar-refractivity contribution in [2.75, 3.05) is 48.6 Å². The molecule has 0 saturated carbocycles. The van der Waals surface area contributed by atoms with Crippen molar-refractivity contribution in [3.8, 4) is 11.5 Å². The molecule has 0 saturated heterocycles. The Labute approximate surface area is 255 Å². The molecule has 6 rings (SSSR count). The van der Waals surface area contributed by atoms with E-state index in [0.717, 1.165) is 28.1 Å². The van der Waals surface area contributed by atoms with Crippen molar-refractivity contribution in [1.29, 1.82) is 0 Å². The van der Waals surface area contributed by atoms with E-state index in [1.165, 1.54) is 0 Å². The zero-order valence-electron chi connectivity index (χ0n) is 24.2. The highest BCUT2D eigenvalue weighted by molar-refractivity contribution is 7.80. The van der Waals surface area contributed by atoms with Crippen molar-refractivity contribution in [3.63, 3.8) is 0 Å². The molecule has 9 nitrogen and oxygen atoms in total. The van der Waals surface area contributed by atoms with Crippen LogP contribution in [-0.4, -0.2) is 56.5 Å². The minimum absolute atomic E-state index is 0.155. The summed E-state index contributed by atoms with van der Waals surface area (Å²) in [5, 5.41) is 26.9. The third-order valence-electron chi connectivity index (χ3n) is 7.79. The fourth-order valence-corrected chi connectivity index (χ4v) is 5.77. The van der Waals surface area contributed by atoms with Crippen molar-refractivity contribution < 1.29 is 24.3 Å². The number of fused-ring (bicyclic) bond motifs is 3. The number of ether oxygens (including phenoxy) is 1. The predicted octanol–water partition coefficient (Wildman–Crippen LogP) is 4.83. The van der Waals surface area contributed by atoms with Gasteiger partial charge in [-0.15, -0.1) is 0 Å². The summed E-state index contributed by atoms with van der Waals surface area (Å²) in [4.78, 5) is 16.7. The molecule has 11 heteroatoms. The second-order valence-electron chi connectivity index (χ2n) is 11.0. The Morgan fingerprint density at radius 1 is 0.837 bits per heavy atom. The molecule has 2 aliphatic rings. The van der Waals surface area contributed by atoms with Gasteiger partial charge in [0, 0.05) is 80.1 Å². The Morgan fingerprint density at radius 3 is 1.98 bits per heavy atom. The average molecular weight is 595 g/mol. The van der Waals surface area contributed by atoms with Crippen LogP contribution in [0.2, 0.25) is 0 Å². The molecule has 0 aromatic heterocycles. The van der Waals surface area contributed by atoms with Crippen LogP contribution in [0.3, 0.4) is 0 Å². The van der Waals surface area contributed by atoms with Crippen molar-refractivity contribution in [2.45, 2.75) is 12.5 Å². The summed E-state index contributed by atoms with van der Waals surface area (Å²) < 4.78 is 11.7.